The van der Waals surface area contributed by atoms with Crippen molar-refractivity contribution in [2.75, 3.05) is 65.7 Å². The third-order valence-electron chi connectivity index (χ3n) is 19.6. The van der Waals surface area contributed by atoms with Crippen LogP contribution in [0.5, 0.6) is 11.5 Å². The molecule has 48 heteroatoms. The van der Waals surface area contributed by atoms with Crippen molar-refractivity contribution in [1.82, 2.24) is 84.3 Å². The second-order valence-electron chi connectivity index (χ2n) is 29.8. The van der Waals surface area contributed by atoms with Gasteiger partial charge in [0, 0.05) is 117 Å². The number of unbranched alkanes of at least 4 members (excludes halogenated alkanes) is 5. The summed E-state index contributed by atoms with van der Waals surface area (Å²) >= 11 is 13.1. The van der Waals surface area contributed by atoms with Crippen LogP contribution in [-0.4, -0.2) is 238 Å². The molecule has 7 aromatic heterocycles. The van der Waals surface area contributed by atoms with Crippen molar-refractivity contribution in [2.24, 2.45) is 4.99 Å². The summed E-state index contributed by atoms with van der Waals surface area (Å²) in [6.07, 6.45) is 47.9. The minimum absolute atomic E-state index is 0. The van der Waals surface area contributed by atoms with E-state index in [9.17, 15) is 64.0 Å². The van der Waals surface area contributed by atoms with Gasteiger partial charge < -0.3 is 34.8 Å². The van der Waals surface area contributed by atoms with Crippen LogP contribution in [0.25, 0.3) is 5.00 Å². The topological polar surface area (TPSA) is 520 Å². The zero-order valence-corrected chi connectivity index (χ0v) is 86.9. The Morgan fingerprint density at radius 1 is 0.621 bits per heavy atom. The molecule has 2 fully saturated rings. The van der Waals surface area contributed by atoms with Crippen LogP contribution in [0.4, 0.5) is 8.78 Å². The average molecular weight is 2150 g/mol. The number of alkyl halides is 3. The summed E-state index contributed by atoms with van der Waals surface area (Å²) < 4.78 is 96.7. The number of nitrogens with one attached hydrogen (secondary N) is 3. The third kappa shape index (κ3) is 41.4. The van der Waals surface area contributed by atoms with E-state index in [0.29, 0.717) is 68.8 Å². The van der Waals surface area contributed by atoms with Crippen LogP contribution in [0.1, 0.15) is 230 Å². The monoisotopic (exact) mass is 2140 g/mol. The SMILES string of the molecule is C.C.C#Cc1cnc[nH]1.C#Cc1cnn(CCCCO)c1.C#Cc1cnn(CCCCOS(C)(=O)=O)c1.C#Cc1cnn(CCCCOc2cccc3c2C(=O)N(C2CCC(=O)NC2=O)C3=O)c1.CC#N.CS(=O)(=O)Cl.Cc1c(C#Cc2cnn(CCCCOc3cccc4c3C(=O)N(C3CCC(=O)NC3=O)C4=O)c2)sc2c1C(c1ccc(Cl)cc1)=N[C@@H](C)c1nnc(C)n1-2.O=CO[O-].OCCCCCl.[2H]CF.[2H]CF.[K+]. The van der Waals surface area contributed by atoms with Gasteiger partial charge in [-0.25, -0.2) is 13.4 Å². The molecule has 12 heterocycles. The number of hydrogen-bond donors (Lipinski definition) is 5. The molecule has 0 spiro atoms. The molecule has 8 amide bonds. The van der Waals surface area contributed by atoms with Crippen molar-refractivity contribution in [1.29, 1.82) is 5.26 Å². The van der Waals surface area contributed by atoms with Gasteiger partial charge >= 0.3 is 51.4 Å². The molecule has 3 atom stereocenters. The van der Waals surface area contributed by atoms with E-state index in [0.717, 1.165) is 146 Å². The number of aryl methyl sites for hydroxylation is 5. The van der Waals surface area contributed by atoms with E-state index in [2.05, 4.69) is 118 Å². The number of nitriles is 1. The summed E-state index contributed by atoms with van der Waals surface area (Å²) in [6.45, 7) is 11.5. The first-order chi connectivity index (χ1) is 69.0. The number of fused-ring (bicyclic) bond motifs is 5. The number of H-pyrrole nitrogens is 1. The number of aromatic nitrogens is 13. The van der Waals surface area contributed by atoms with Crippen molar-refractivity contribution < 1.29 is 157 Å². The van der Waals surface area contributed by atoms with Crippen LogP contribution >= 0.6 is 45.2 Å². The molecule has 5 aliphatic rings. The third-order valence-corrected chi connectivity index (χ3v) is 21.9. The predicted octanol–water partition coefficient (Wildman–Crippen LogP) is 7.74. The molecule has 39 nitrogen and oxygen atoms in total. The van der Waals surface area contributed by atoms with E-state index in [1.54, 1.807) is 111 Å². The smallest absolute Gasteiger partial charge is 0.662 e. The second kappa shape index (κ2) is 67.8. The Labute approximate surface area is 905 Å². The van der Waals surface area contributed by atoms with Gasteiger partial charge in [0.15, 0.2) is 5.82 Å². The molecule has 2 saturated heterocycles. The van der Waals surface area contributed by atoms with Gasteiger partial charge in [-0.1, -0.05) is 86.2 Å². The number of ether oxygens (including phenoxy) is 2. The zero-order chi connectivity index (χ0) is 106. The maximum Gasteiger partial charge on any atom is 1.00 e. The van der Waals surface area contributed by atoms with Gasteiger partial charge in [-0.05, 0) is 140 Å². The van der Waals surface area contributed by atoms with Gasteiger partial charge in [-0.2, -0.15) is 34.1 Å². The number of carbonyl (C=O) groups is 9. The fraction of sp³-hybridized carbons (Fsp3) is 0.381. The number of rotatable bonds is 29. The van der Waals surface area contributed by atoms with Crippen LogP contribution < -0.4 is 76.7 Å². The maximum atomic E-state index is 13.3. The Hall–Kier alpha value is -12.8. The average Bonchev–Trinajstić information content (AvgIpc) is 1.64. The van der Waals surface area contributed by atoms with Crippen LogP contribution in [0, 0.1) is 86.4 Å². The molecule has 10 aromatic rings. The van der Waals surface area contributed by atoms with Crippen molar-refractivity contribution in [2.45, 2.75) is 177 Å². The van der Waals surface area contributed by atoms with Crippen molar-refractivity contribution in [3.63, 3.8) is 0 Å². The number of terminal acetylenes is 4. The molecule has 0 aliphatic carbocycles. The number of imidazole rings is 1. The molecule has 5 aliphatic heterocycles. The summed E-state index contributed by atoms with van der Waals surface area (Å²) in [6, 6.07) is 16.9. The first-order valence-electron chi connectivity index (χ1n) is 44.4. The van der Waals surface area contributed by atoms with Crippen LogP contribution in [-0.2, 0) is 78.4 Å². The molecule has 770 valence electrons. The Bertz CT molecular complexity index is 6520. The molecule has 2 unspecified atom stereocenters. The number of amides is 8. The fourth-order valence-electron chi connectivity index (χ4n) is 13.3. The Morgan fingerprint density at radius 3 is 1.40 bits per heavy atom. The van der Waals surface area contributed by atoms with Gasteiger partial charge in [0.25, 0.3) is 40.2 Å². The Balaban J connectivity index is 0.000000659. The number of imide groups is 4. The number of hydrogen-bond acceptors (Lipinski definition) is 30. The van der Waals surface area contributed by atoms with Crippen molar-refractivity contribution >= 4 is 124 Å². The van der Waals surface area contributed by atoms with E-state index < -0.39 is 92.8 Å². The number of nitrogens with zero attached hydrogens (tertiary/aromatic N) is 16. The molecular weight excluding hydrogens is 2030 g/mol. The molecule has 5 N–H and O–H groups in total. The molecular formula is C97H113Cl3F2KN19O20S3. The van der Waals surface area contributed by atoms with Gasteiger partial charge in [0.2, 0.25) is 32.7 Å². The summed E-state index contributed by atoms with van der Waals surface area (Å²) in [5.41, 5.74) is 8.30. The predicted molar refractivity (Wildman–Crippen MR) is 535 cm³/mol. The summed E-state index contributed by atoms with van der Waals surface area (Å²) in [4.78, 5) is 125. The largest absolute Gasteiger partial charge is 1.00 e. The van der Waals surface area contributed by atoms with Gasteiger partial charge in [-0.3, -0.25) is 105 Å². The van der Waals surface area contributed by atoms with Gasteiger partial charge in [0.1, 0.15) is 46.1 Å². The van der Waals surface area contributed by atoms with Crippen molar-refractivity contribution in [3.8, 4) is 83.8 Å². The van der Waals surface area contributed by atoms with Gasteiger partial charge in [0.05, 0.1) is 148 Å². The minimum Gasteiger partial charge on any atom is -0.662 e. The number of halogens is 5. The number of carbonyl (C=O) groups excluding carboxylic acids is 9. The zero-order valence-electron chi connectivity index (χ0n) is 81.1. The first kappa shape index (κ1) is 125. The minimum atomic E-state index is -3.32. The van der Waals surface area contributed by atoms with E-state index in [-0.39, 0.29) is 152 Å². The summed E-state index contributed by atoms with van der Waals surface area (Å²) in [5.74, 6) is 15.0. The van der Waals surface area contributed by atoms with Crippen LogP contribution in [0.2, 0.25) is 5.02 Å². The molecule has 0 saturated carbocycles. The Morgan fingerprint density at radius 2 is 1.03 bits per heavy atom. The fourth-order valence-corrected chi connectivity index (χ4v) is 15.2. The number of aliphatic hydroxyl groups is 2. The number of aliphatic imine (C=N–C) groups is 1. The summed E-state index contributed by atoms with van der Waals surface area (Å²) in [5, 5.41) is 64.0. The standard InChI is InChI=1S/C39H33ClN8O5S.C22H20N4O5.C10H14N2O3S.C9H12N2O.C5H4N2.C4H9ClO.C2H3N.CH3ClO2S.2CH3F.CH2O3.2CH4.K/c1-21-30(54-39-32(21)34(25-10-12-26(40)13-11-25)42-22(2)35-45-44-23(3)47(35)39)15-9-24-19-41-46(20-24)17-4-5-18-53-29-8-6-7-27-33(29)38(52)48(37(27)51)28-14-16-31(49)43-36(28)50;1-2-14-12-23-25(13-14)10-3-4-11-31-17-7-5-6-15-19(17)22(30)26(21(15)29)16-8-9-18(27)24-20(16)28;1-3-10-8-11-12(9-10)6-4-5-7-15-16(2,13)14;1-2-9-7-10-11(8-9)5-3-4-6-12;1-2-5-3-6-4-7-5;5-3-1-2-4-6;1-2-3;1-5(2,3)4;2*1-2;2-1-4-3;;;/h6-8,10-13,19-20,22,28H,4-5,14,16-18H2,1-3H3,(H,43,49,50);1,5-7,12-13,16H,3-4,8-11H2,(H,24,27,28);1,8-9H,4-7H2,2H3;1,7-8,12H,3-6H2;1,3-4H,(H,6,7);6H,1-4H2;1H3;1H3;2*1H3;1,3H;2*1H4;/q;;;;;;;;;;;;;+1/p-1/t22-,28?;;;;;;;;;;;;;/m0............./s1/i;;;;;;;;2*1D;;;;. The number of aromatic amines is 1. The number of thiophene rings is 1. The van der Waals surface area contributed by atoms with E-state index in [1.165, 1.54) is 13.0 Å². The van der Waals surface area contributed by atoms with E-state index in [4.69, 9.17) is 91.6 Å². The molecule has 0 bridgehead atoms. The molecule has 3 aromatic carbocycles. The quantitative estimate of drug-likeness (QED) is 0.00286. The van der Waals surface area contributed by atoms with Crippen LogP contribution in [0.3, 0.4) is 0 Å². The van der Waals surface area contributed by atoms with Crippen LogP contribution in [0.15, 0.2) is 128 Å². The molecule has 145 heavy (non-hydrogen) atoms. The van der Waals surface area contributed by atoms with E-state index in [1.807, 2.05) is 55.2 Å². The summed E-state index contributed by atoms with van der Waals surface area (Å²) in [7, 11) is -4.01. The number of benzene rings is 3. The number of aliphatic hydroxyl groups excluding tert-OH is 2. The van der Waals surface area contributed by atoms with Crippen molar-refractivity contribution in [3.05, 3.63) is 211 Å². The molecule has 15 rings (SSSR count). The van der Waals surface area contributed by atoms with Gasteiger partial charge in [-0.15, -0.1) is 58.8 Å². The second-order valence-corrected chi connectivity index (χ2v) is 36.3. The van der Waals surface area contributed by atoms with E-state index >= 15 is 0 Å². The maximum absolute atomic E-state index is 13.3. The first-order valence-corrected chi connectivity index (χ1v) is 49.3. The Kier molecular flexibility index (Phi) is 58.2. The number of piperidine rings is 2. The molecule has 0 radical (unpaired) electrons. The normalized spacial score (nSPS) is 14.1.